The molecular weight excluding hydrogens is 190 g/mol. The van der Waals surface area contributed by atoms with E-state index in [-0.39, 0.29) is 5.69 Å². The van der Waals surface area contributed by atoms with Crippen LogP contribution in [0.1, 0.15) is 12.5 Å². The number of benzene rings is 1. The molecule has 1 N–H and O–H groups in total. The Hall–Kier alpha value is -1.96. The number of nitrogens with one attached hydrogen (secondary N) is 1. The molecule has 14 heavy (non-hydrogen) atoms. The van der Waals surface area contributed by atoms with Crippen molar-refractivity contribution in [3.05, 3.63) is 29.3 Å². The summed E-state index contributed by atoms with van der Waals surface area (Å²) in [4.78, 5) is 10.6. The summed E-state index contributed by atoms with van der Waals surface area (Å²) in [7, 11) is 0. The van der Waals surface area contributed by atoms with E-state index in [1.165, 1.54) is 13.0 Å². The van der Waals surface area contributed by atoms with Gasteiger partial charge in [-0.05, 0) is 6.07 Å². The van der Waals surface area contributed by atoms with Crippen molar-refractivity contribution >= 4 is 11.6 Å². The molecule has 1 rings (SSSR count). The van der Waals surface area contributed by atoms with Gasteiger partial charge in [-0.15, -0.1) is 0 Å². The fraction of sp³-hybridized carbons (Fsp3) is 0.111. The molecule has 0 aliphatic heterocycles. The van der Waals surface area contributed by atoms with Crippen LogP contribution < -0.4 is 5.32 Å². The molecule has 0 bridgehead atoms. The first-order valence-electron chi connectivity index (χ1n) is 3.71. The quantitative estimate of drug-likeness (QED) is 0.744. The van der Waals surface area contributed by atoms with E-state index in [2.05, 4.69) is 5.32 Å². The van der Waals surface area contributed by atoms with Crippen LogP contribution in [0.4, 0.5) is 14.5 Å². The molecule has 0 aromatic heterocycles. The van der Waals surface area contributed by atoms with E-state index in [1.807, 2.05) is 0 Å². The van der Waals surface area contributed by atoms with Crippen molar-refractivity contribution < 1.29 is 13.6 Å². The molecule has 0 fully saturated rings. The maximum atomic E-state index is 13.0. The standard InChI is InChI=1S/C9H6F2N2O/c1-5(14)13-9-3-7(10)6(4-12)2-8(9)11/h2-3H,1H3,(H,13,14). The third-order valence-electron chi connectivity index (χ3n) is 1.49. The normalized spacial score (nSPS) is 9.29. The second kappa shape index (κ2) is 3.83. The Labute approximate surface area is 79.0 Å². The molecule has 1 amide bonds. The Morgan fingerprint density at radius 2 is 2.07 bits per heavy atom. The van der Waals surface area contributed by atoms with Gasteiger partial charge in [0.25, 0.3) is 0 Å². The van der Waals surface area contributed by atoms with E-state index in [1.54, 1.807) is 0 Å². The number of rotatable bonds is 1. The molecule has 0 unspecified atom stereocenters. The molecule has 3 nitrogen and oxygen atoms in total. The van der Waals surface area contributed by atoms with Gasteiger partial charge in [0.1, 0.15) is 17.7 Å². The molecule has 0 heterocycles. The first-order chi connectivity index (χ1) is 6.54. The maximum absolute atomic E-state index is 13.0. The molecule has 5 heteroatoms. The summed E-state index contributed by atoms with van der Waals surface area (Å²) < 4.78 is 26.0. The molecule has 0 radical (unpaired) electrons. The number of carbonyl (C=O) groups excluding carboxylic acids is 1. The number of halogens is 2. The van der Waals surface area contributed by atoms with Gasteiger partial charge in [0.15, 0.2) is 0 Å². The number of nitriles is 1. The van der Waals surface area contributed by atoms with Crippen LogP contribution >= 0.6 is 0 Å². The van der Waals surface area contributed by atoms with Crippen LogP contribution in [-0.4, -0.2) is 5.91 Å². The van der Waals surface area contributed by atoms with Crippen LogP contribution in [0.3, 0.4) is 0 Å². The number of amides is 1. The Bertz CT molecular complexity index is 424. The molecule has 0 spiro atoms. The van der Waals surface area contributed by atoms with Crippen molar-refractivity contribution in [1.82, 2.24) is 0 Å². The van der Waals surface area contributed by atoms with Gasteiger partial charge in [0.05, 0.1) is 11.3 Å². The highest BCUT2D eigenvalue weighted by molar-refractivity contribution is 5.88. The lowest BCUT2D eigenvalue weighted by atomic mass is 10.2. The number of hydrogen-bond acceptors (Lipinski definition) is 2. The van der Waals surface area contributed by atoms with Crippen LogP contribution in [0.15, 0.2) is 12.1 Å². The fourth-order valence-electron chi connectivity index (χ4n) is 0.918. The van der Waals surface area contributed by atoms with Crippen LogP contribution in [0.5, 0.6) is 0 Å². The first kappa shape index (κ1) is 10.1. The lowest BCUT2D eigenvalue weighted by molar-refractivity contribution is -0.114. The maximum Gasteiger partial charge on any atom is 0.221 e. The SMILES string of the molecule is CC(=O)Nc1cc(F)c(C#N)cc1F. The average Bonchev–Trinajstić information content (AvgIpc) is 2.10. The predicted molar refractivity (Wildman–Crippen MR) is 45.4 cm³/mol. The molecule has 1 aromatic rings. The van der Waals surface area contributed by atoms with Gasteiger partial charge in [0.2, 0.25) is 5.91 Å². The predicted octanol–water partition coefficient (Wildman–Crippen LogP) is 1.79. The second-order valence-electron chi connectivity index (χ2n) is 2.60. The largest absolute Gasteiger partial charge is 0.324 e. The number of anilines is 1. The second-order valence-corrected chi connectivity index (χ2v) is 2.60. The Balaban J connectivity index is 3.16. The highest BCUT2D eigenvalue weighted by Crippen LogP contribution is 2.18. The smallest absolute Gasteiger partial charge is 0.221 e. The molecule has 0 aliphatic rings. The molecule has 0 saturated heterocycles. The van der Waals surface area contributed by atoms with Crippen LogP contribution in [0.2, 0.25) is 0 Å². The van der Waals surface area contributed by atoms with Crippen molar-refractivity contribution in [3.63, 3.8) is 0 Å². The van der Waals surface area contributed by atoms with Crippen LogP contribution in [0, 0.1) is 23.0 Å². The molecule has 0 saturated carbocycles. The monoisotopic (exact) mass is 196 g/mol. The van der Waals surface area contributed by atoms with Crippen LogP contribution in [-0.2, 0) is 4.79 Å². The zero-order chi connectivity index (χ0) is 10.7. The Morgan fingerprint density at radius 1 is 1.43 bits per heavy atom. The van der Waals surface area contributed by atoms with E-state index in [9.17, 15) is 13.6 Å². The third kappa shape index (κ3) is 2.04. The first-order valence-corrected chi connectivity index (χ1v) is 3.71. The number of carbonyl (C=O) groups is 1. The lowest BCUT2D eigenvalue weighted by Gasteiger charge is -2.04. The third-order valence-corrected chi connectivity index (χ3v) is 1.49. The van der Waals surface area contributed by atoms with Gasteiger partial charge in [-0.25, -0.2) is 8.78 Å². The summed E-state index contributed by atoms with van der Waals surface area (Å²) in [5.74, 6) is -2.20. The number of nitrogens with zero attached hydrogens (tertiary/aromatic N) is 1. The average molecular weight is 196 g/mol. The highest BCUT2D eigenvalue weighted by atomic mass is 19.1. The lowest BCUT2D eigenvalue weighted by Crippen LogP contribution is -2.08. The van der Waals surface area contributed by atoms with E-state index in [0.29, 0.717) is 0 Å². The summed E-state index contributed by atoms with van der Waals surface area (Å²) in [6.07, 6.45) is 0. The van der Waals surface area contributed by atoms with Gasteiger partial charge < -0.3 is 5.32 Å². The number of hydrogen-bond donors (Lipinski definition) is 1. The van der Waals surface area contributed by atoms with Crippen molar-refractivity contribution in [2.45, 2.75) is 6.92 Å². The topological polar surface area (TPSA) is 52.9 Å². The fourth-order valence-corrected chi connectivity index (χ4v) is 0.918. The molecule has 0 aliphatic carbocycles. The Kier molecular flexibility index (Phi) is 2.77. The van der Waals surface area contributed by atoms with E-state index < -0.39 is 23.1 Å². The van der Waals surface area contributed by atoms with E-state index in [4.69, 9.17) is 5.26 Å². The van der Waals surface area contributed by atoms with Gasteiger partial charge in [0, 0.05) is 13.0 Å². The summed E-state index contributed by atoms with van der Waals surface area (Å²) in [5, 5.41) is 10.5. The highest BCUT2D eigenvalue weighted by Gasteiger charge is 2.10. The zero-order valence-corrected chi connectivity index (χ0v) is 7.27. The molecule has 1 aromatic carbocycles. The summed E-state index contributed by atoms with van der Waals surface area (Å²) in [6.45, 7) is 1.18. The van der Waals surface area contributed by atoms with Crippen molar-refractivity contribution in [3.8, 4) is 6.07 Å². The molecule has 72 valence electrons. The van der Waals surface area contributed by atoms with Crippen molar-refractivity contribution in [2.75, 3.05) is 5.32 Å². The van der Waals surface area contributed by atoms with E-state index >= 15 is 0 Å². The minimum atomic E-state index is -0.863. The van der Waals surface area contributed by atoms with Gasteiger partial charge in [-0.2, -0.15) is 5.26 Å². The van der Waals surface area contributed by atoms with Crippen molar-refractivity contribution in [2.24, 2.45) is 0 Å². The molecular formula is C9H6F2N2O. The summed E-state index contributed by atoms with van der Waals surface area (Å²) in [6, 6.07) is 3.00. The van der Waals surface area contributed by atoms with Gasteiger partial charge in [-0.1, -0.05) is 0 Å². The zero-order valence-electron chi connectivity index (χ0n) is 7.27. The molecule has 0 atom stereocenters. The summed E-state index contributed by atoms with van der Waals surface area (Å²) in [5.41, 5.74) is -0.661. The van der Waals surface area contributed by atoms with Crippen LogP contribution in [0.25, 0.3) is 0 Å². The summed E-state index contributed by atoms with van der Waals surface area (Å²) >= 11 is 0. The van der Waals surface area contributed by atoms with Gasteiger partial charge >= 0.3 is 0 Å². The van der Waals surface area contributed by atoms with E-state index in [0.717, 1.165) is 12.1 Å². The minimum Gasteiger partial charge on any atom is -0.324 e. The Morgan fingerprint density at radius 3 is 2.57 bits per heavy atom. The van der Waals surface area contributed by atoms with Crippen molar-refractivity contribution in [1.29, 1.82) is 5.26 Å². The van der Waals surface area contributed by atoms with Gasteiger partial charge in [-0.3, -0.25) is 4.79 Å². The minimum absolute atomic E-state index is 0.269.